The molecular weight excluding hydrogens is 480 g/mol. The summed E-state index contributed by atoms with van der Waals surface area (Å²) in [5.74, 6) is -0.0831. The molecule has 0 saturated carbocycles. The summed E-state index contributed by atoms with van der Waals surface area (Å²) in [6.07, 6.45) is 3.80. The Bertz CT molecular complexity index is 1360. The number of amides is 2. The number of carbonyl (C=O) groups excluding carboxylic acids is 2. The van der Waals surface area contributed by atoms with E-state index in [-0.39, 0.29) is 17.7 Å². The van der Waals surface area contributed by atoms with Crippen LogP contribution in [0.25, 0.3) is 10.2 Å². The number of aromatic nitrogens is 1. The van der Waals surface area contributed by atoms with Crippen LogP contribution in [0.2, 0.25) is 0 Å². The van der Waals surface area contributed by atoms with Gasteiger partial charge in [0, 0.05) is 23.7 Å². The lowest BCUT2D eigenvalue weighted by Gasteiger charge is -2.31. The lowest BCUT2D eigenvalue weighted by molar-refractivity contribution is -0.121. The number of anilines is 2. The summed E-state index contributed by atoms with van der Waals surface area (Å²) in [6.45, 7) is 4.91. The smallest absolute Gasteiger partial charge is 0.257 e. The van der Waals surface area contributed by atoms with Crippen molar-refractivity contribution in [1.82, 2.24) is 9.88 Å². The second-order valence-corrected chi connectivity index (χ2v) is 10.7. The van der Waals surface area contributed by atoms with Crippen molar-refractivity contribution < 1.29 is 9.59 Å². The Labute approximate surface area is 221 Å². The second-order valence-electron chi connectivity index (χ2n) is 9.63. The number of nitrogens with zero attached hydrogens (tertiary/aromatic N) is 2. The zero-order valence-electron chi connectivity index (χ0n) is 21.1. The maximum Gasteiger partial charge on any atom is 0.257 e. The zero-order chi connectivity index (χ0) is 25.6. The molecule has 2 amide bonds. The molecule has 0 bridgehead atoms. The van der Waals surface area contributed by atoms with Crippen molar-refractivity contribution in [2.45, 2.75) is 39.2 Å². The van der Waals surface area contributed by atoms with Crippen molar-refractivity contribution in [2.75, 3.05) is 23.7 Å². The Hall–Kier alpha value is -3.55. The number of thiazole rings is 1. The van der Waals surface area contributed by atoms with Crippen molar-refractivity contribution in [1.29, 1.82) is 0 Å². The number of piperidine rings is 1. The molecule has 5 rings (SSSR count). The van der Waals surface area contributed by atoms with Crippen molar-refractivity contribution in [3.63, 3.8) is 0 Å². The van der Waals surface area contributed by atoms with E-state index in [0.717, 1.165) is 61.2 Å². The maximum absolute atomic E-state index is 12.9. The average Bonchev–Trinajstić information content (AvgIpc) is 3.32. The third-order valence-corrected chi connectivity index (χ3v) is 7.77. The van der Waals surface area contributed by atoms with Gasteiger partial charge in [-0.05, 0) is 73.8 Å². The van der Waals surface area contributed by atoms with Gasteiger partial charge >= 0.3 is 0 Å². The Balaban J connectivity index is 1.16. The number of hydrogen-bond acceptors (Lipinski definition) is 5. The van der Waals surface area contributed by atoms with Gasteiger partial charge in [0.1, 0.15) is 0 Å². The minimum atomic E-state index is -0.172. The molecular formula is C30H32N4O2S. The molecule has 1 aliphatic heterocycles. The number of likely N-dealkylation sites (tertiary alicyclic amines) is 1. The molecule has 6 nitrogen and oxygen atoms in total. The predicted molar refractivity (Wildman–Crippen MR) is 151 cm³/mol. The van der Waals surface area contributed by atoms with E-state index in [0.29, 0.717) is 10.7 Å². The minimum absolute atomic E-state index is 0.0164. The Morgan fingerprint density at radius 2 is 1.70 bits per heavy atom. The van der Waals surface area contributed by atoms with E-state index >= 15 is 0 Å². The standard InChI is InChI=1S/C30H32N4O2S/c1-2-6-21-9-11-23(12-10-21)29(36)33-30-32-26-14-13-25(19-27(26)37-30)31-28(35)24-15-17-34(18-16-24)20-22-7-4-3-5-8-22/h3-5,7-14,19,24H,2,6,15-18,20H2,1H3,(H,31,35)(H,32,33,36). The van der Waals surface area contributed by atoms with Gasteiger partial charge in [0.25, 0.3) is 5.91 Å². The molecule has 37 heavy (non-hydrogen) atoms. The van der Waals surface area contributed by atoms with E-state index in [2.05, 4.69) is 51.7 Å². The molecule has 1 aromatic heterocycles. The minimum Gasteiger partial charge on any atom is -0.326 e. The van der Waals surface area contributed by atoms with Gasteiger partial charge in [0.2, 0.25) is 5.91 Å². The Morgan fingerprint density at radius 1 is 0.946 bits per heavy atom. The van der Waals surface area contributed by atoms with Gasteiger partial charge in [-0.2, -0.15) is 0 Å². The highest BCUT2D eigenvalue weighted by atomic mass is 32.1. The van der Waals surface area contributed by atoms with Crippen LogP contribution >= 0.6 is 11.3 Å². The van der Waals surface area contributed by atoms with E-state index in [4.69, 9.17) is 0 Å². The Kier molecular flexibility index (Phi) is 7.92. The average molecular weight is 513 g/mol. The van der Waals surface area contributed by atoms with Gasteiger partial charge in [0.15, 0.2) is 5.13 Å². The first-order valence-electron chi connectivity index (χ1n) is 13.0. The van der Waals surface area contributed by atoms with Crippen LogP contribution in [-0.2, 0) is 17.8 Å². The maximum atomic E-state index is 12.9. The number of rotatable bonds is 8. The summed E-state index contributed by atoms with van der Waals surface area (Å²) in [4.78, 5) is 32.6. The molecule has 0 unspecified atom stereocenters. The molecule has 7 heteroatoms. The van der Waals surface area contributed by atoms with Crippen LogP contribution in [0.15, 0.2) is 72.8 Å². The molecule has 1 fully saturated rings. The monoisotopic (exact) mass is 512 g/mol. The highest BCUT2D eigenvalue weighted by Crippen LogP contribution is 2.29. The van der Waals surface area contributed by atoms with Gasteiger partial charge in [-0.25, -0.2) is 4.98 Å². The first-order chi connectivity index (χ1) is 18.1. The van der Waals surface area contributed by atoms with Crippen LogP contribution in [0, 0.1) is 5.92 Å². The van der Waals surface area contributed by atoms with Crippen LogP contribution in [0.1, 0.15) is 47.7 Å². The van der Waals surface area contributed by atoms with Gasteiger partial charge in [-0.15, -0.1) is 0 Å². The molecule has 0 aliphatic carbocycles. The van der Waals surface area contributed by atoms with Crippen molar-refractivity contribution in [3.05, 3.63) is 89.5 Å². The fourth-order valence-electron chi connectivity index (χ4n) is 4.78. The van der Waals surface area contributed by atoms with Crippen LogP contribution < -0.4 is 10.6 Å². The van der Waals surface area contributed by atoms with Crippen LogP contribution in [0.5, 0.6) is 0 Å². The first kappa shape index (κ1) is 25.1. The van der Waals surface area contributed by atoms with Crippen LogP contribution in [0.3, 0.4) is 0 Å². The van der Waals surface area contributed by atoms with E-state index < -0.39 is 0 Å². The molecule has 2 heterocycles. The molecule has 1 aliphatic rings. The fourth-order valence-corrected chi connectivity index (χ4v) is 5.68. The quantitative estimate of drug-likeness (QED) is 0.288. The number of aryl methyl sites for hydroxylation is 1. The predicted octanol–water partition coefficient (Wildman–Crippen LogP) is 6.35. The molecule has 4 aromatic rings. The first-order valence-corrected chi connectivity index (χ1v) is 13.8. The molecule has 2 N–H and O–H groups in total. The molecule has 0 radical (unpaired) electrons. The lowest BCUT2D eigenvalue weighted by atomic mass is 9.95. The Morgan fingerprint density at radius 3 is 2.43 bits per heavy atom. The van der Waals surface area contributed by atoms with Gasteiger partial charge < -0.3 is 5.32 Å². The number of carbonyl (C=O) groups is 2. The third kappa shape index (κ3) is 6.42. The van der Waals surface area contributed by atoms with Crippen molar-refractivity contribution >= 4 is 44.2 Å². The summed E-state index contributed by atoms with van der Waals surface area (Å²) < 4.78 is 0.920. The van der Waals surface area contributed by atoms with Crippen LogP contribution in [0.4, 0.5) is 10.8 Å². The molecule has 1 saturated heterocycles. The number of benzene rings is 3. The topological polar surface area (TPSA) is 74.3 Å². The SMILES string of the molecule is CCCc1ccc(C(=O)Nc2nc3ccc(NC(=O)C4CCN(Cc5ccccc5)CC4)cc3s2)cc1. The molecule has 3 aromatic carbocycles. The number of fused-ring (bicyclic) bond motifs is 1. The summed E-state index contributed by atoms with van der Waals surface area (Å²) in [7, 11) is 0. The van der Waals surface area contributed by atoms with Gasteiger partial charge in [-0.1, -0.05) is 67.1 Å². The summed E-state index contributed by atoms with van der Waals surface area (Å²) >= 11 is 1.41. The zero-order valence-corrected chi connectivity index (χ0v) is 21.9. The fraction of sp³-hybridized carbons (Fsp3) is 0.300. The molecule has 190 valence electrons. The van der Waals surface area contributed by atoms with Crippen molar-refractivity contribution in [3.8, 4) is 0 Å². The second kappa shape index (κ2) is 11.7. The van der Waals surface area contributed by atoms with Crippen LogP contribution in [-0.4, -0.2) is 34.8 Å². The van der Waals surface area contributed by atoms with Gasteiger partial charge in [-0.3, -0.25) is 19.8 Å². The highest BCUT2D eigenvalue weighted by molar-refractivity contribution is 7.22. The number of hydrogen-bond donors (Lipinski definition) is 2. The van der Waals surface area contributed by atoms with E-state index in [1.165, 1.54) is 22.5 Å². The molecule has 0 spiro atoms. The van der Waals surface area contributed by atoms with E-state index in [1.54, 1.807) is 0 Å². The third-order valence-electron chi connectivity index (χ3n) is 6.84. The summed E-state index contributed by atoms with van der Waals surface area (Å²) in [6, 6.07) is 23.9. The van der Waals surface area contributed by atoms with E-state index in [1.807, 2.05) is 48.5 Å². The largest absolute Gasteiger partial charge is 0.326 e. The van der Waals surface area contributed by atoms with E-state index in [9.17, 15) is 9.59 Å². The summed E-state index contributed by atoms with van der Waals surface area (Å²) in [5.41, 5.74) is 4.71. The lowest BCUT2D eigenvalue weighted by Crippen LogP contribution is -2.37. The normalized spacial score (nSPS) is 14.5. The highest BCUT2D eigenvalue weighted by Gasteiger charge is 2.25. The van der Waals surface area contributed by atoms with Crippen molar-refractivity contribution in [2.24, 2.45) is 5.92 Å². The number of nitrogens with one attached hydrogen (secondary N) is 2. The molecule has 0 atom stereocenters. The summed E-state index contributed by atoms with van der Waals surface area (Å²) in [5, 5.41) is 6.55. The van der Waals surface area contributed by atoms with Gasteiger partial charge in [0.05, 0.1) is 10.2 Å².